The highest BCUT2D eigenvalue weighted by Crippen LogP contribution is 2.56. The number of hydrogen-bond donors (Lipinski definition) is 1. The van der Waals surface area contributed by atoms with E-state index in [2.05, 4.69) is 15.9 Å². The number of amides is 2. The second-order valence-electron chi connectivity index (χ2n) is 10.4. The predicted molar refractivity (Wildman–Crippen MR) is 148 cm³/mol. The Balaban J connectivity index is 1.47. The molecule has 0 unspecified atom stereocenters. The van der Waals surface area contributed by atoms with Crippen LogP contribution in [0.4, 0.5) is 5.69 Å². The van der Waals surface area contributed by atoms with Crippen LogP contribution in [0, 0.1) is 17.8 Å². The fourth-order valence-corrected chi connectivity index (χ4v) is 7.04. The van der Waals surface area contributed by atoms with Crippen LogP contribution in [0.2, 0.25) is 0 Å². The van der Waals surface area contributed by atoms with Gasteiger partial charge in [0.2, 0.25) is 11.8 Å². The Morgan fingerprint density at radius 2 is 1.77 bits per heavy atom. The summed E-state index contributed by atoms with van der Waals surface area (Å²) in [4.78, 5) is 55.5. The van der Waals surface area contributed by atoms with Gasteiger partial charge < -0.3 is 9.84 Å². The Labute approximate surface area is 234 Å². The Kier molecular flexibility index (Phi) is 6.18. The van der Waals surface area contributed by atoms with Gasteiger partial charge in [-0.05, 0) is 64.9 Å². The second kappa shape index (κ2) is 9.45. The van der Waals surface area contributed by atoms with Gasteiger partial charge in [-0.1, -0.05) is 36.8 Å². The number of hydrogen-bond acceptors (Lipinski definition) is 6. The van der Waals surface area contributed by atoms with E-state index < -0.39 is 23.7 Å². The lowest BCUT2D eigenvalue weighted by molar-refractivity contribution is -0.123. The molecule has 1 saturated heterocycles. The van der Waals surface area contributed by atoms with Gasteiger partial charge in [0.05, 0.1) is 29.1 Å². The summed E-state index contributed by atoms with van der Waals surface area (Å²) in [5.41, 5.74) is 3.51. The number of aromatic hydroxyl groups is 1. The quantitative estimate of drug-likeness (QED) is 0.309. The van der Waals surface area contributed by atoms with Crippen molar-refractivity contribution in [3.8, 4) is 11.5 Å². The third-order valence-electron chi connectivity index (χ3n) is 8.48. The van der Waals surface area contributed by atoms with Gasteiger partial charge in [-0.25, -0.2) is 0 Å². The summed E-state index contributed by atoms with van der Waals surface area (Å²) in [5, 5.41) is 11.0. The number of Topliss-reactive ketones (excluding diaryl/α,β-unsaturated/α-hetero) is 1. The lowest BCUT2D eigenvalue weighted by Gasteiger charge is -2.42. The van der Waals surface area contributed by atoms with Crippen LogP contribution in [0.25, 0.3) is 0 Å². The molecule has 198 valence electrons. The molecule has 2 aromatic carbocycles. The molecule has 39 heavy (non-hydrogen) atoms. The van der Waals surface area contributed by atoms with Crippen molar-refractivity contribution >= 4 is 45.0 Å². The number of phenolic OH excluding ortho intramolecular Hbond substituents is 1. The van der Waals surface area contributed by atoms with E-state index in [1.54, 1.807) is 24.3 Å². The number of allylic oxidation sites excluding steroid dienone is 6. The van der Waals surface area contributed by atoms with Crippen molar-refractivity contribution in [3.05, 3.63) is 86.9 Å². The fourth-order valence-electron chi connectivity index (χ4n) is 6.59. The maximum atomic E-state index is 13.9. The van der Waals surface area contributed by atoms with Crippen LogP contribution in [0.5, 0.6) is 11.5 Å². The smallest absolute Gasteiger partial charge is 0.238 e. The first-order chi connectivity index (χ1) is 18.7. The summed E-state index contributed by atoms with van der Waals surface area (Å²) in [6, 6.07) is 12.3. The van der Waals surface area contributed by atoms with Crippen LogP contribution >= 0.6 is 15.9 Å². The fraction of sp³-hybridized carbons (Fsp3) is 0.290. The van der Waals surface area contributed by atoms with Gasteiger partial charge in [0.25, 0.3) is 0 Å². The molecule has 6 rings (SSSR count). The number of methoxy groups -OCH3 is 1. The summed E-state index contributed by atoms with van der Waals surface area (Å²) in [6.07, 6.45) is 4.56. The van der Waals surface area contributed by atoms with Crippen LogP contribution < -0.4 is 9.64 Å². The number of nitrogens with zero attached hydrogens (tertiary/aromatic N) is 1. The van der Waals surface area contributed by atoms with Gasteiger partial charge in [0.1, 0.15) is 11.5 Å². The zero-order chi connectivity index (χ0) is 27.6. The molecule has 1 fully saturated rings. The SMILES string of the molecule is CCc1ccc(N2C(=O)[C@H]3[C@H](CC=C4[C@H](c5ccc(OC)cc5O)C5=C(C[C@H]43)C(=O)C(Br)=CC5=O)C2=O)cc1. The number of halogens is 1. The van der Waals surface area contributed by atoms with Crippen molar-refractivity contribution in [2.75, 3.05) is 12.0 Å². The summed E-state index contributed by atoms with van der Waals surface area (Å²) in [5.74, 6) is -3.22. The average molecular weight is 588 g/mol. The molecular formula is C31H26BrNO6. The number of carbonyl (C=O) groups is 4. The maximum Gasteiger partial charge on any atom is 0.238 e. The van der Waals surface area contributed by atoms with Gasteiger partial charge in [0.15, 0.2) is 11.6 Å². The molecule has 0 aromatic heterocycles. The number of fused-ring (bicyclic) bond motifs is 3. The summed E-state index contributed by atoms with van der Waals surface area (Å²) >= 11 is 3.23. The molecule has 1 aliphatic heterocycles. The van der Waals surface area contributed by atoms with Crippen LogP contribution in [-0.2, 0) is 25.6 Å². The number of rotatable bonds is 4. The summed E-state index contributed by atoms with van der Waals surface area (Å²) in [7, 11) is 1.49. The molecule has 0 radical (unpaired) electrons. The molecule has 0 saturated carbocycles. The van der Waals surface area contributed by atoms with Gasteiger partial charge in [-0.2, -0.15) is 0 Å². The molecule has 0 spiro atoms. The van der Waals surface area contributed by atoms with Crippen molar-refractivity contribution in [2.24, 2.45) is 17.8 Å². The average Bonchev–Trinajstić information content (AvgIpc) is 3.20. The first-order valence-corrected chi connectivity index (χ1v) is 13.8. The first-order valence-electron chi connectivity index (χ1n) is 13.0. The number of benzene rings is 2. The van der Waals surface area contributed by atoms with Crippen LogP contribution in [-0.4, -0.2) is 35.6 Å². The van der Waals surface area contributed by atoms with Crippen molar-refractivity contribution < 1.29 is 29.0 Å². The highest BCUT2D eigenvalue weighted by Gasteiger charge is 2.56. The molecule has 7 nitrogen and oxygen atoms in total. The van der Waals surface area contributed by atoms with Crippen molar-refractivity contribution in [3.63, 3.8) is 0 Å². The van der Waals surface area contributed by atoms with E-state index in [4.69, 9.17) is 4.74 Å². The van der Waals surface area contributed by atoms with Gasteiger partial charge in [-0.15, -0.1) is 0 Å². The summed E-state index contributed by atoms with van der Waals surface area (Å²) in [6.45, 7) is 2.04. The van der Waals surface area contributed by atoms with E-state index in [0.717, 1.165) is 17.6 Å². The standard InChI is InChI=1S/C31H26BrNO6/c1-3-15-4-6-16(7-5-15)33-30(37)20-11-10-18-21(27(20)31(33)38)13-22-28(25(35)14-23(32)29(22)36)26(18)19-9-8-17(39-2)12-24(19)34/h4-10,12,14,20-21,26-27,34H,3,11,13H2,1-2H3/t20-,21+,26+,27-/m0/s1. The topological polar surface area (TPSA) is 101 Å². The van der Waals surface area contributed by atoms with Gasteiger partial charge >= 0.3 is 0 Å². The predicted octanol–water partition coefficient (Wildman–Crippen LogP) is 4.93. The number of anilines is 1. The number of ketones is 2. The minimum atomic E-state index is -0.723. The van der Waals surface area contributed by atoms with E-state index in [1.165, 1.54) is 24.2 Å². The monoisotopic (exact) mass is 587 g/mol. The number of phenols is 1. The lowest BCUT2D eigenvalue weighted by Crippen LogP contribution is -2.39. The normalized spacial score (nSPS) is 26.2. The number of ether oxygens (including phenoxy) is 1. The zero-order valence-corrected chi connectivity index (χ0v) is 23.0. The largest absolute Gasteiger partial charge is 0.507 e. The van der Waals surface area contributed by atoms with E-state index in [-0.39, 0.29) is 40.0 Å². The first kappa shape index (κ1) is 25.5. The Morgan fingerprint density at radius 3 is 2.44 bits per heavy atom. The zero-order valence-electron chi connectivity index (χ0n) is 21.4. The Bertz CT molecular complexity index is 1550. The van der Waals surface area contributed by atoms with E-state index in [9.17, 15) is 24.3 Å². The molecule has 2 amide bonds. The number of carbonyl (C=O) groups excluding carboxylic acids is 4. The molecule has 0 bridgehead atoms. The van der Waals surface area contributed by atoms with Crippen LogP contribution in [0.15, 0.2) is 75.8 Å². The molecule has 2 aromatic rings. The molecule has 3 aliphatic carbocycles. The minimum absolute atomic E-state index is 0.0739. The molecule has 1 N–H and O–H groups in total. The van der Waals surface area contributed by atoms with E-state index in [0.29, 0.717) is 34.6 Å². The molecule has 4 aliphatic rings. The lowest BCUT2D eigenvalue weighted by atomic mass is 9.59. The molecule has 4 atom stereocenters. The van der Waals surface area contributed by atoms with E-state index >= 15 is 0 Å². The Hall–Kier alpha value is -3.78. The number of imide groups is 1. The Morgan fingerprint density at radius 1 is 1.03 bits per heavy atom. The van der Waals surface area contributed by atoms with Gasteiger partial charge in [0, 0.05) is 34.8 Å². The van der Waals surface area contributed by atoms with Gasteiger partial charge in [-0.3, -0.25) is 24.1 Å². The second-order valence-corrected chi connectivity index (χ2v) is 11.2. The van der Waals surface area contributed by atoms with Crippen LogP contribution in [0.1, 0.15) is 36.8 Å². The van der Waals surface area contributed by atoms with E-state index in [1.807, 2.05) is 25.1 Å². The molecular weight excluding hydrogens is 562 g/mol. The highest BCUT2D eigenvalue weighted by molar-refractivity contribution is 9.12. The maximum absolute atomic E-state index is 13.9. The summed E-state index contributed by atoms with van der Waals surface area (Å²) < 4.78 is 5.41. The van der Waals surface area contributed by atoms with Crippen molar-refractivity contribution in [1.82, 2.24) is 0 Å². The highest BCUT2D eigenvalue weighted by atomic mass is 79.9. The minimum Gasteiger partial charge on any atom is -0.507 e. The number of aryl methyl sites for hydroxylation is 1. The van der Waals surface area contributed by atoms with Crippen LogP contribution in [0.3, 0.4) is 0 Å². The van der Waals surface area contributed by atoms with Crippen molar-refractivity contribution in [2.45, 2.75) is 32.1 Å². The third kappa shape index (κ3) is 3.84. The van der Waals surface area contributed by atoms with Crippen molar-refractivity contribution in [1.29, 1.82) is 0 Å². The third-order valence-corrected chi connectivity index (χ3v) is 9.07. The molecule has 1 heterocycles. The molecule has 8 heteroatoms.